The summed E-state index contributed by atoms with van der Waals surface area (Å²) in [5.41, 5.74) is 8.23. The summed E-state index contributed by atoms with van der Waals surface area (Å²) >= 11 is 7.32. The van der Waals surface area contributed by atoms with Crippen molar-refractivity contribution >= 4 is 35.0 Å². The van der Waals surface area contributed by atoms with Crippen LogP contribution < -0.4 is 15.6 Å². The number of benzene rings is 3. The monoisotopic (exact) mass is 507 g/mol. The molecule has 0 saturated heterocycles. The predicted octanol–water partition coefficient (Wildman–Crippen LogP) is 4.69. The fourth-order valence-electron chi connectivity index (χ4n) is 3.21. The largest absolute Gasteiger partial charge is 0.504 e. The van der Waals surface area contributed by atoms with Gasteiger partial charge in [0.25, 0.3) is 0 Å². The lowest BCUT2D eigenvalue weighted by molar-refractivity contribution is -0.119. The quantitative estimate of drug-likeness (QED) is 0.223. The first-order chi connectivity index (χ1) is 17.0. The zero-order chi connectivity index (χ0) is 24.8. The SMILES string of the molecule is C=C(NNC(=O)CSc1nnc(-c2ccccc2)n1-c1ccc(Cl)cc1)c1ccc(O)c(OC)c1. The highest BCUT2D eigenvalue weighted by atomic mass is 35.5. The van der Waals surface area contributed by atoms with Gasteiger partial charge in [-0.3, -0.25) is 20.2 Å². The van der Waals surface area contributed by atoms with Gasteiger partial charge >= 0.3 is 0 Å². The highest BCUT2D eigenvalue weighted by Gasteiger charge is 2.17. The Morgan fingerprint density at radius 2 is 1.83 bits per heavy atom. The standard InChI is InChI=1S/C25H22ClN5O3S/c1-16(18-8-13-21(32)22(14-18)34-2)27-28-23(33)15-35-25-30-29-24(17-6-4-3-5-7-17)31(25)20-11-9-19(26)10-12-20/h3-14,27,32H,1,15H2,2H3,(H,28,33). The lowest BCUT2D eigenvalue weighted by Gasteiger charge is -2.13. The van der Waals surface area contributed by atoms with Crippen molar-refractivity contribution in [3.63, 3.8) is 0 Å². The first-order valence-corrected chi connectivity index (χ1v) is 11.8. The van der Waals surface area contributed by atoms with Gasteiger partial charge in [-0.05, 0) is 42.5 Å². The van der Waals surface area contributed by atoms with E-state index in [4.69, 9.17) is 16.3 Å². The second kappa shape index (κ2) is 11.0. The summed E-state index contributed by atoms with van der Waals surface area (Å²) in [6.07, 6.45) is 0. The van der Waals surface area contributed by atoms with Crippen LogP contribution in [-0.2, 0) is 4.79 Å². The van der Waals surface area contributed by atoms with Gasteiger partial charge in [0, 0.05) is 21.8 Å². The van der Waals surface area contributed by atoms with Gasteiger partial charge in [0.15, 0.2) is 22.5 Å². The highest BCUT2D eigenvalue weighted by Crippen LogP contribution is 2.29. The van der Waals surface area contributed by atoms with Crippen LogP contribution in [0.25, 0.3) is 22.8 Å². The molecule has 0 aliphatic rings. The van der Waals surface area contributed by atoms with E-state index in [-0.39, 0.29) is 17.4 Å². The number of nitrogens with zero attached hydrogens (tertiary/aromatic N) is 3. The number of aromatic hydroxyl groups is 1. The maximum absolute atomic E-state index is 12.5. The van der Waals surface area contributed by atoms with E-state index in [9.17, 15) is 9.90 Å². The summed E-state index contributed by atoms with van der Waals surface area (Å²) in [5, 5.41) is 19.6. The van der Waals surface area contributed by atoms with Crippen LogP contribution in [0.1, 0.15) is 5.56 Å². The number of aromatic nitrogens is 3. The summed E-state index contributed by atoms with van der Waals surface area (Å²) < 4.78 is 6.99. The second-order valence-corrected chi connectivity index (χ2v) is 8.69. The minimum Gasteiger partial charge on any atom is -0.504 e. The minimum absolute atomic E-state index is 0.0177. The first-order valence-electron chi connectivity index (χ1n) is 10.5. The maximum Gasteiger partial charge on any atom is 0.248 e. The smallest absolute Gasteiger partial charge is 0.248 e. The molecule has 178 valence electrons. The summed E-state index contributed by atoms with van der Waals surface area (Å²) in [6.45, 7) is 3.91. The number of hydrogen-bond donors (Lipinski definition) is 3. The third-order valence-corrected chi connectivity index (χ3v) is 6.14. The molecule has 8 nitrogen and oxygen atoms in total. The molecule has 0 radical (unpaired) electrons. The third kappa shape index (κ3) is 5.76. The van der Waals surface area contributed by atoms with Crippen molar-refractivity contribution in [3.8, 4) is 28.6 Å². The minimum atomic E-state index is -0.284. The topological polar surface area (TPSA) is 101 Å². The van der Waals surface area contributed by atoms with Gasteiger partial charge in [0.1, 0.15) is 0 Å². The van der Waals surface area contributed by atoms with Crippen LogP contribution in [0.2, 0.25) is 5.02 Å². The zero-order valence-corrected chi connectivity index (χ0v) is 20.3. The number of amides is 1. The number of nitrogens with one attached hydrogen (secondary N) is 2. The van der Waals surface area contributed by atoms with E-state index in [1.54, 1.807) is 24.3 Å². The predicted molar refractivity (Wildman–Crippen MR) is 138 cm³/mol. The second-order valence-electron chi connectivity index (χ2n) is 7.31. The van der Waals surface area contributed by atoms with Crippen LogP contribution >= 0.6 is 23.4 Å². The number of carbonyl (C=O) groups is 1. The van der Waals surface area contributed by atoms with Gasteiger partial charge in [-0.15, -0.1) is 10.2 Å². The number of methoxy groups -OCH3 is 1. The van der Waals surface area contributed by atoms with Gasteiger partial charge < -0.3 is 9.84 Å². The Morgan fingerprint density at radius 3 is 2.54 bits per heavy atom. The molecule has 1 heterocycles. The number of rotatable bonds is 9. The molecule has 4 rings (SSSR count). The molecule has 0 unspecified atom stereocenters. The average Bonchev–Trinajstić information content (AvgIpc) is 3.31. The number of hydrazine groups is 1. The van der Waals surface area contributed by atoms with Crippen molar-refractivity contribution in [3.05, 3.63) is 90.0 Å². The number of phenolic OH excluding ortho intramolecular Hbond substituents is 1. The maximum atomic E-state index is 12.5. The Labute approximate surface area is 211 Å². The highest BCUT2D eigenvalue weighted by molar-refractivity contribution is 7.99. The number of hydrogen-bond acceptors (Lipinski definition) is 7. The van der Waals surface area contributed by atoms with Crippen molar-refractivity contribution in [2.75, 3.05) is 12.9 Å². The van der Waals surface area contributed by atoms with Crippen molar-refractivity contribution < 1.29 is 14.6 Å². The number of thioether (sulfide) groups is 1. The molecule has 0 aliphatic heterocycles. The molecule has 3 N–H and O–H groups in total. The van der Waals surface area contributed by atoms with Gasteiger partial charge in [-0.2, -0.15) is 0 Å². The summed E-state index contributed by atoms with van der Waals surface area (Å²) in [7, 11) is 1.46. The molecular formula is C25H22ClN5O3S. The zero-order valence-electron chi connectivity index (χ0n) is 18.7. The summed E-state index contributed by atoms with van der Waals surface area (Å²) in [6, 6.07) is 21.8. The molecular weight excluding hydrogens is 486 g/mol. The normalized spacial score (nSPS) is 10.6. The molecule has 0 atom stereocenters. The van der Waals surface area contributed by atoms with Crippen LogP contribution in [0.15, 0.2) is 84.5 Å². The molecule has 3 aromatic carbocycles. The fraction of sp³-hybridized carbons (Fsp3) is 0.0800. The van der Waals surface area contributed by atoms with Crippen LogP contribution in [0.3, 0.4) is 0 Å². The lowest BCUT2D eigenvalue weighted by atomic mass is 10.1. The van der Waals surface area contributed by atoms with Crippen molar-refractivity contribution in [2.24, 2.45) is 0 Å². The van der Waals surface area contributed by atoms with E-state index < -0.39 is 0 Å². The number of phenols is 1. The number of carbonyl (C=O) groups excluding carboxylic acids is 1. The average molecular weight is 508 g/mol. The molecule has 0 bridgehead atoms. The summed E-state index contributed by atoms with van der Waals surface area (Å²) in [4.78, 5) is 12.5. The first kappa shape index (κ1) is 24.2. The number of ether oxygens (including phenoxy) is 1. The molecule has 1 aromatic heterocycles. The Morgan fingerprint density at radius 1 is 1.09 bits per heavy atom. The van der Waals surface area contributed by atoms with Crippen LogP contribution in [0.5, 0.6) is 11.5 Å². The molecule has 0 aliphatic carbocycles. The Hall–Kier alpha value is -3.95. The Bertz CT molecular complexity index is 1340. The van der Waals surface area contributed by atoms with Crippen molar-refractivity contribution in [1.29, 1.82) is 0 Å². The fourth-order valence-corrected chi connectivity index (χ4v) is 4.09. The van der Waals surface area contributed by atoms with Gasteiger partial charge in [0.05, 0.1) is 18.6 Å². The molecule has 0 spiro atoms. The van der Waals surface area contributed by atoms with Crippen molar-refractivity contribution in [1.82, 2.24) is 25.6 Å². The van der Waals surface area contributed by atoms with Gasteiger partial charge in [0.2, 0.25) is 5.91 Å². The molecule has 35 heavy (non-hydrogen) atoms. The van der Waals surface area contributed by atoms with E-state index in [0.29, 0.717) is 33.0 Å². The van der Waals surface area contributed by atoms with Crippen LogP contribution in [0, 0.1) is 0 Å². The van der Waals surface area contributed by atoms with E-state index in [0.717, 1.165) is 11.3 Å². The van der Waals surface area contributed by atoms with Gasteiger partial charge in [-0.25, -0.2) is 0 Å². The molecule has 0 fully saturated rings. The number of halogens is 1. The Balaban J connectivity index is 1.45. The lowest BCUT2D eigenvalue weighted by Crippen LogP contribution is -2.37. The van der Waals surface area contributed by atoms with E-state index in [1.807, 2.05) is 47.0 Å². The van der Waals surface area contributed by atoms with Crippen LogP contribution in [0.4, 0.5) is 0 Å². The summed E-state index contributed by atoms with van der Waals surface area (Å²) in [5.74, 6) is 0.782. The molecule has 0 saturated carbocycles. The molecule has 10 heteroatoms. The van der Waals surface area contributed by atoms with Gasteiger partial charge in [-0.1, -0.05) is 60.3 Å². The van der Waals surface area contributed by atoms with E-state index in [2.05, 4.69) is 27.6 Å². The molecule has 1 amide bonds. The van der Waals surface area contributed by atoms with E-state index in [1.165, 1.54) is 24.9 Å². The van der Waals surface area contributed by atoms with E-state index >= 15 is 0 Å². The Kier molecular flexibility index (Phi) is 7.59. The van der Waals surface area contributed by atoms with Crippen molar-refractivity contribution in [2.45, 2.75) is 5.16 Å². The third-order valence-electron chi connectivity index (χ3n) is 4.96. The van der Waals surface area contributed by atoms with Crippen LogP contribution in [-0.4, -0.2) is 38.6 Å². The molecule has 4 aromatic rings.